The van der Waals surface area contributed by atoms with Crippen LogP contribution in [0.4, 0.5) is 0 Å². The van der Waals surface area contributed by atoms with Crippen molar-refractivity contribution in [2.45, 2.75) is 53.8 Å². The zero-order chi connectivity index (χ0) is 20.9. The Bertz CT molecular complexity index is 849. The summed E-state index contributed by atoms with van der Waals surface area (Å²) in [6.07, 6.45) is 6.86. The van der Waals surface area contributed by atoms with Gasteiger partial charge in [0.05, 0.1) is 0 Å². The number of fused-ring (bicyclic) bond motifs is 3. The SMILES string of the molecule is CC1=[C-]C(C)C=C1[Si](C)(C)C.C[C](C)=[Zr+2].[c-]1cccc2c1Cc1ccccc1-2. The van der Waals surface area contributed by atoms with Gasteiger partial charge >= 0.3 is 41.3 Å². The molecule has 0 spiro atoms. The average Bonchev–Trinajstić information content (AvgIpc) is 3.14. The minimum absolute atomic E-state index is 0.553. The summed E-state index contributed by atoms with van der Waals surface area (Å²) < 4.78 is 1.51. The summed E-state index contributed by atoms with van der Waals surface area (Å²) in [5.41, 5.74) is 6.91. The summed E-state index contributed by atoms with van der Waals surface area (Å²) in [5.74, 6) is 0.553. The second kappa shape index (κ2) is 10.1. The van der Waals surface area contributed by atoms with Gasteiger partial charge in [0, 0.05) is 0 Å². The molecule has 1 unspecified atom stereocenters. The Labute approximate surface area is 188 Å². The first-order chi connectivity index (χ1) is 13.1. The molecule has 2 aliphatic carbocycles. The van der Waals surface area contributed by atoms with E-state index in [4.69, 9.17) is 0 Å². The standard InChI is InChI=1S/C13H9.C10H17Si.C3H6.Zr/c1-3-7-12-10(5-1)9-11-6-2-4-8-13(11)12;1-8-6-9(2)10(7-8)11(3,4)5;1-3-2;/h1-5,7-8H,9H2;7-8H,1-5H3;1-2H3;/q2*-1;;+2. The van der Waals surface area contributed by atoms with Gasteiger partial charge in [0.25, 0.3) is 0 Å². The van der Waals surface area contributed by atoms with Crippen molar-refractivity contribution in [2.24, 2.45) is 5.92 Å². The van der Waals surface area contributed by atoms with E-state index in [0.29, 0.717) is 5.92 Å². The van der Waals surface area contributed by atoms with Gasteiger partial charge in [-0.2, -0.15) is 35.9 Å². The molecule has 2 aromatic carbocycles. The first-order valence-corrected chi connectivity index (χ1v) is 14.7. The van der Waals surface area contributed by atoms with Crippen molar-refractivity contribution in [1.82, 2.24) is 0 Å². The molecular formula is C26H32SiZr. The van der Waals surface area contributed by atoms with Crippen LogP contribution in [-0.2, 0) is 30.7 Å². The Morgan fingerprint density at radius 1 is 1.04 bits per heavy atom. The van der Waals surface area contributed by atoms with Gasteiger partial charge in [-0.3, -0.25) is 6.08 Å². The molecule has 0 nitrogen and oxygen atoms in total. The van der Waals surface area contributed by atoms with Crippen molar-refractivity contribution in [3.63, 3.8) is 0 Å². The Morgan fingerprint density at radius 2 is 1.64 bits per heavy atom. The van der Waals surface area contributed by atoms with Gasteiger partial charge in [-0.05, 0) is 14.5 Å². The van der Waals surface area contributed by atoms with Gasteiger partial charge in [0.2, 0.25) is 0 Å². The number of hydrogen-bond acceptors (Lipinski definition) is 0. The maximum atomic E-state index is 3.43. The fourth-order valence-corrected chi connectivity index (χ4v) is 5.59. The van der Waals surface area contributed by atoms with Crippen molar-refractivity contribution >= 4 is 11.3 Å². The summed E-state index contributed by atoms with van der Waals surface area (Å²) >= 11 is 1.55. The Hall–Kier alpha value is -1.11. The molecule has 2 heteroatoms. The Morgan fingerprint density at radius 3 is 2.18 bits per heavy atom. The molecule has 0 heterocycles. The Balaban J connectivity index is 0.000000171. The van der Waals surface area contributed by atoms with Crippen LogP contribution in [0.15, 0.2) is 59.3 Å². The van der Waals surface area contributed by atoms with E-state index in [0.717, 1.165) is 6.42 Å². The molecule has 0 aromatic heterocycles. The van der Waals surface area contributed by atoms with E-state index in [1.54, 1.807) is 29.4 Å². The molecule has 144 valence electrons. The maximum Gasteiger partial charge on any atom is -0.0253 e. The molecule has 0 saturated carbocycles. The second-order valence-electron chi connectivity index (χ2n) is 8.78. The van der Waals surface area contributed by atoms with Gasteiger partial charge in [0.1, 0.15) is 0 Å². The fraction of sp³-hybridized carbons (Fsp3) is 0.346. The smallest absolute Gasteiger partial charge is 0.0253 e. The van der Waals surface area contributed by atoms with Crippen molar-refractivity contribution in [1.29, 1.82) is 0 Å². The summed E-state index contributed by atoms with van der Waals surface area (Å²) in [6.45, 7) is 15.8. The van der Waals surface area contributed by atoms with Crippen molar-refractivity contribution < 1.29 is 24.2 Å². The third-order valence-electron chi connectivity index (χ3n) is 4.69. The van der Waals surface area contributed by atoms with Crippen LogP contribution in [0.1, 0.15) is 38.8 Å². The minimum atomic E-state index is -1.07. The zero-order valence-electron chi connectivity index (χ0n) is 18.4. The third-order valence-corrected chi connectivity index (χ3v) is 6.85. The van der Waals surface area contributed by atoms with E-state index in [1.807, 2.05) is 6.07 Å². The molecular weight excluding hydrogens is 432 g/mol. The van der Waals surface area contributed by atoms with Crippen LogP contribution in [0.5, 0.6) is 0 Å². The van der Waals surface area contributed by atoms with Crippen molar-refractivity contribution in [2.75, 3.05) is 0 Å². The van der Waals surface area contributed by atoms with Crippen LogP contribution in [0.25, 0.3) is 11.1 Å². The van der Waals surface area contributed by atoms with Crippen LogP contribution < -0.4 is 0 Å². The Kier molecular flexibility index (Phi) is 8.34. The number of allylic oxidation sites excluding steroid dienone is 4. The van der Waals surface area contributed by atoms with E-state index >= 15 is 0 Å². The summed E-state index contributed by atoms with van der Waals surface area (Å²) in [6, 6.07) is 18.1. The van der Waals surface area contributed by atoms with Gasteiger partial charge in [0.15, 0.2) is 0 Å². The van der Waals surface area contributed by atoms with E-state index in [1.165, 1.54) is 31.0 Å². The van der Waals surface area contributed by atoms with Crippen LogP contribution in [0, 0.1) is 18.1 Å². The van der Waals surface area contributed by atoms with Gasteiger partial charge in [-0.1, -0.05) is 74.8 Å². The maximum absolute atomic E-state index is 3.43. The fourth-order valence-electron chi connectivity index (χ4n) is 3.65. The molecule has 28 heavy (non-hydrogen) atoms. The first kappa shape index (κ1) is 23.2. The molecule has 0 aliphatic heterocycles. The van der Waals surface area contributed by atoms with Crippen LogP contribution in [0.3, 0.4) is 0 Å². The van der Waals surface area contributed by atoms with Crippen molar-refractivity contribution in [3.8, 4) is 11.1 Å². The molecule has 4 rings (SSSR count). The minimum Gasteiger partial charge on any atom is -0.179 e. The number of hydrogen-bond donors (Lipinski definition) is 0. The van der Waals surface area contributed by atoms with E-state index < -0.39 is 8.07 Å². The first-order valence-electron chi connectivity index (χ1n) is 10.0. The molecule has 0 fully saturated rings. The molecule has 0 bridgehead atoms. The molecule has 1 atom stereocenters. The predicted octanol–water partition coefficient (Wildman–Crippen LogP) is 6.99. The summed E-state index contributed by atoms with van der Waals surface area (Å²) in [5, 5.41) is 1.60. The summed E-state index contributed by atoms with van der Waals surface area (Å²) in [7, 11) is -1.07. The van der Waals surface area contributed by atoms with E-state index in [9.17, 15) is 0 Å². The van der Waals surface area contributed by atoms with E-state index in [-0.39, 0.29) is 0 Å². The van der Waals surface area contributed by atoms with Crippen LogP contribution in [0.2, 0.25) is 19.6 Å². The van der Waals surface area contributed by atoms with Crippen molar-refractivity contribution in [3.05, 3.63) is 82.6 Å². The van der Waals surface area contributed by atoms with Gasteiger partial charge in [-0.15, -0.1) is 5.56 Å². The molecule has 0 saturated heterocycles. The summed E-state index contributed by atoms with van der Waals surface area (Å²) in [4.78, 5) is 0. The predicted molar refractivity (Wildman–Crippen MR) is 123 cm³/mol. The van der Waals surface area contributed by atoms with Gasteiger partial charge < -0.3 is 0 Å². The molecule has 0 amide bonds. The van der Waals surface area contributed by atoms with Crippen LogP contribution >= 0.6 is 0 Å². The average molecular weight is 464 g/mol. The number of benzene rings is 2. The number of rotatable bonds is 1. The zero-order valence-corrected chi connectivity index (χ0v) is 21.9. The van der Waals surface area contributed by atoms with E-state index in [2.05, 4.69) is 102 Å². The third kappa shape index (κ3) is 6.46. The molecule has 0 radical (unpaired) electrons. The quantitative estimate of drug-likeness (QED) is 0.269. The molecule has 2 aromatic rings. The normalized spacial score (nSPS) is 16.5. The topological polar surface area (TPSA) is 0 Å². The monoisotopic (exact) mass is 462 g/mol. The largest absolute Gasteiger partial charge is 0.179 e. The van der Waals surface area contributed by atoms with Gasteiger partial charge in [-0.25, -0.2) is 10.8 Å². The molecule has 2 aliphatic rings. The van der Waals surface area contributed by atoms with Crippen LogP contribution in [-0.4, -0.2) is 11.3 Å². The molecule has 0 N–H and O–H groups in total. The second-order valence-corrected chi connectivity index (χ2v) is 16.3.